The van der Waals surface area contributed by atoms with Crippen LogP contribution in [0.5, 0.6) is 5.75 Å². The number of fused-ring (bicyclic) bond motifs is 3. The lowest BCUT2D eigenvalue weighted by molar-refractivity contribution is -0.119. The molecule has 0 N–H and O–H groups in total. The predicted octanol–water partition coefficient (Wildman–Crippen LogP) is 3.48. The number of hydrogen-bond donors (Lipinski definition) is 0. The lowest BCUT2D eigenvalue weighted by Crippen LogP contribution is -2.25. The maximum atomic E-state index is 12.2. The van der Waals surface area contributed by atoms with Crippen LogP contribution >= 0.6 is 0 Å². The Hall–Kier alpha value is -1.57. The molecule has 2 aliphatic rings. The molecule has 2 heteroatoms. The van der Waals surface area contributed by atoms with Crippen LogP contribution in [0.2, 0.25) is 0 Å². The number of methoxy groups -OCH3 is 1. The molecule has 2 nitrogen and oxygen atoms in total. The van der Waals surface area contributed by atoms with Crippen LogP contribution in [0, 0.1) is 12.3 Å². The molecule has 0 heterocycles. The van der Waals surface area contributed by atoms with E-state index in [2.05, 4.69) is 32.1 Å². The summed E-state index contributed by atoms with van der Waals surface area (Å²) in [6.45, 7) is 4.24. The summed E-state index contributed by atoms with van der Waals surface area (Å²) in [6, 6.07) is 4.18. The zero-order valence-electron chi connectivity index (χ0n) is 11.1. The fraction of sp³-hybridized carbons (Fsp3) is 0.438. The van der Waals surface area contributed by atoms with E-state index in [1.54, 1.807) is 7.11 Å². The average molecular weight is 242 g/mol. The summed E-state index contributed by atoms with van der Waals surface area (Å²) in [5.41, 5.74) is 3.39. The molecule has 0 spiro atoms. The van der Waals surface area contributed by atoms with E-state index in [1.165, 1.54) is 0 Å². The molecular weight excluding hydrogens is 224 g/mol. The van der Waals surface area contributed by atoms with Crippen molar-refractivity contribution in [3.63, 3.8) is 0 Å². The lowest BCUT2D eigenvalue weighted by Gasteiger charge is -2.33. The minimum absolute atomic E-state index is 0.00287. The Kier molecular flexibility index (Phi) is 2.37. The molecule has 1 fully saturated rings. The van der Waals surface area contributed by atoms with Gasteiger partial charge in [-0.15, -0.1) is 0 Å². The van der Waals surface area contributed by atoms with E-state index in [9.17, 15) is 4.79 Å². The van der Waals surface area contributed by atoms with Crippen LogP contribution in [0.1, 0.15) is 42.4 Å². The van der Waals surface area contributed by atoms with Crippen LogP contribution in [0.15, 0.2) is 18.2 Å². The van der Waals surface area contributed by atoms with Gasteiger partial charge in [0, 0.05) is 12.0 Å². The van der Waals surface area contributed by atoms with Crippen molar-refractivity contribution < 1.29 is 9.53 Å². The number of rotatable bonds is 1. The number of carbonyl (C=O) groups is 1. The van der Waals surface area contributed by atoms with E-state index < -0.39 is 0 Å². The Bertz CT molecular complexity index is 556. The van der Waals surface area contributed by atoms with Gasteiger partial charge in [0.05, 0.1) is 13.0 Å². The van der Waals surface area contributed by atoms with Crippen molar-refractivity contribution >= 4 is 11.9 Å². The third-order valence-corrected chi connectivity index (χ3v) is 4.37. The third kappa shape index (κ3) is 1.45. The quantitative estimate of drug-likeness (QED) is 0.753. The van der Waals surface area contributed by atoms with Gasteiger partial charge in [0.25, 0.3) is 0 Å². The Morgan fingerprint density at radius 1 is 1.39 bits per heavy atom. The first-order valence-corrected chi connectivity index (χ1v) is 6.46. The zero-order chi connectivity index (χ0) is 12.9. The Labute approximate surface area is 108 Å². The van der Waals surface area contributed by atoms with Crippen LogP contribution in [-0.2, 0) is 4.79 Å². The lowest BCUT2D eigenvalue weighted by atomic mass is 9.70. The van der Waals surface area contributed by atoms with Crippen molar-refractivity contribution in [1.29, 1.82) is 0 Å². The van der Waals surface area contributed by atoms with E-state index in [0.717, 1.165) is 28.9 Å². The molecule has 3 rings (SSSR count). The van der Waals surface area contributed by atoms with Gasteiger partial charge in [-0.2, -0.15) is 0 Å². The van der Waals surface area contributed by atoms with Gasteiger partial charge >= 0.3 is 0 Å². The van der Waals surface area contributed by atoms with E-state index >= 15 is 0 Å². The minimum atomic E-state index is 0.00287. The zero-order valence-corrected chi connectivity index (χ0v) is 11.1. The maximum Gasteiger partial charge on any atom is 0.141 e. The molecule has 0 saturated heterocycles. The first-order valence-electron chi connectivity index (χ1n) is 6.46. The molecule has 0 radical (unpaired) electrons. The molecule has 94 valence electrons. The number of hydrogen-bond acceptors (Lipinski definition) is 2. The normalized spacial score (nSPS) is 29.1. The van der Waals surface area contributed by atoms with Crippen molar-refractivity contribution in [3.8, 4) is 5.75 Å². The average Bonchev–Trinajstić information content (AvgIpc) is 2.64. The van der Waals surface area contributed by atoms with Gasteiger partial charge in [0.1, 0.15) is 11.5 Å². The fourth-order valence-corrected chi connectivity index (χ4v) is 3.41. The second kappa shape index (κ2) is 3.71. The summed E-state index contributed by atoms with van der Waals surface area (Å²) in [7, 11) is 1.69. The van der Waals surface area contributed by atoms with E-state index in [1.807, 2.05) is 6.07 Å². The van der Waals surface area contributed by atoms with Gasteiger partial charge < -0.3 is 4.74 Å². The van der Waals surface area contributed by atoms with Gasteiger partial charge in [-0.25, -0.2) is 0 Å². The smallest absolute Gasteiger partial charge is 0.141 e. The van der Waals surface area contributed by atoms with E-state index in [-0.39, 0.29) is 11.3 Å². The number of aryl methyl sites for hydroxylation is 1. The highest BCUT2D eigenvalue weighted by Crippen LogP contribution is 2.53. The third-order valence-electron chi connectivity index (χ3n) is 4.37. The summed E-state index contributed by atoms with van der Waals surface area (Å²) < 4.78 is 5.45. The molecule has 0 aromatic heterocycles. The molecule has 1 saturated carbocycles. The van der Waals surface area contributed by atoms with Crippen LogP contribution in [0.25, 0.3) is 6.08 Å². The van der Waals surface area contributed by atoms with Crippen LogP contribution < -0.4 is 4.74 Å². The number of carbonyl (C=O) groups excluding carboxylic acids is 1. The highest BCUT2D eigenvalue weighted by atomic mass is 16.5. The summed E-state index contributed by atoms with van der Waals surface area (Å²) in [4.78, 5) is 12.2. The van der Waals surface area contributed by atoms with E-state index in [4.69, 9.17) is 4.74 Å². The van der Waals surface area contributed by atoms with Crippen molar-refractivity contribution in [2.24, 2.45) is 5.41 Å². The number of ether oxygens (including phenoxy) is 1. The maximum absolute atomic E-state index is 12.2. The van der Waals surface area contributed by atoms with Crippen LogP contribution in [0.3, 0.4) is 0 Å². The SMILES string of the molecule is COc1cc(C)cc2c1C=C[C@]1(C)CCC(=O)[C@H]21. The topological polar surface area (TPSA) is 26.3 Å². The van der Waals surface area contributed by atoms with Gasteiger partial charge in [-0.3, -0.25) is 4.79 Å². The van der Waals surface area contributed by atoms with Crippen LogP contribution in [-0.4, -0.2) is 12.9 Å². The Morgan fingerprint density at radius 3 is 2.89 bits per heavy atom. The van der Waals surface area contributed by atoms with Gasteiger partial charge in [0.2, 0.25) is 0 Å². The molecule has 0 aliphatic heterocycles. The van der Waals surface area contributed by atoms with Gasteiger partial charge in [0.15, 0.2) is 0 Å². The summed E-state index contributed by atoms with van der Waals surface area (Å²) in [5, 5.41) is 0. The standard InChI is InChI=1S/C16H18O2/c1-10-8-12-11(14(9-10)18-3)4-6-16(2)7-5-13(17)15(12)16/h4,6,8-9,15H,5,7H2,1-3H3/t15-,16+/m0/s1. The monoisotopic (exact) mass is 242 g/mol. The van der Waals surface area contributed by atoms with Crippen LogP contribution in [0.4, 0.5) is 0 Å². The summed E-state index contributed by atoms with van der Waals surface area (Å²) in [5.74, 6) is 1.27. The molecule has 18 heavy (non-hydrogen) atoms. The molecule has 1 aromatic rings. The second-order valence-electron chi connectivity index (χ2n) is 5.71. The highest BCUT2D eigenvalue weighted by Gasteiger charge is 2.46. The second-order valence-corrected chi connectivity index (χ2v) is 5.71. The highest BCUT2D eigenvalue weighted by molar-refractivity contribution is 5.92. The molecule has 0 unspecified atom stereocenters. The van der Waals surface area contributed by atoms with Crippen molar-refractivity contribution in [3.05, 3.63) is 34.9 Å². The first-order chi connectivity index (χ1) is 8.55. The molecule has 2 aliphatic carbocycles. The van der Waals surface area contributed by atoms with Crippen molar-refractivity contribution in [2.45, 2.75) is 32.6 Å². The Balaban J connectivity index is 2.25. The summed E-state index contributed by atoms with van der Waals surface area (Å²) >= 11 is 0. The largest absolute Gasteiger partial charge is 0.496 e. The summed E-state index contributed by atoms with van der Waals surface area (Å²) in [6.07, 6.45) is 5.98. The molecule has 2 atom stereocenters. The Morgan fingerprint density at radius 2 is 2.17 bits per heavy atom. The first kappa shape index (κ1) is 11.5. The molecule has 0 bridgehead atoms. The number of allylic oxidation sites excluding steroid dienone is 1. The van der Waals surface area contributed by atoms with Crippen molar-refractivity contribution in [2.75, 3.05) is 7.11 Å². The number of benzene rings is 1. The van der Waals surface area contributed by atoms with Crippen molar-refractivity contribution in [1.82, 2.24) is 0 Å². The minimum Gasteiger partial charge on any atom is -0.496 e. The molecular formula is C16H18O2. The van der Waals surface area contributed by atoms with E-state index in [0.29, 0.717) is 12.2 Å². The predicted molar refractivity (Wildman–Crippen MR) is 71.9 cm³/mol. The number of Topliss-reactive ketones (excluding diaryl/α,β-unsaturated/α-hetero) is 1. The fourth-order valence-electron chi connectivity index (χ4n) is 3.41. The number of ketones is 1. The van der Waals surface area contributed by atoms with Gasteiger partial charge in [-0.1, -0.05) is 25.1 Å². The molecule has 0 amide bonds. The van der Waals surface area contributed by atoms with Gasteiger partial charge in [-0.05, 0) is 36.0 Å². The molecule has 1 aromatic carbocycles.